The first kappa shape index (κ1) is 12.5. The second-order valence-corrected chi connectivity index (χ2v) is 5.17. The van der Waals surface area contributed by atoms with E-state index in [2.05, 4.69) is 20.4 Å². The fraction of sp³-hybridized carbons (Fsp3) is 0.167. The second-order valence-electron chi connectivity index (χ2n) is 4.17. The number of aryl methyl sites for hydroxylation is 1. The van der Waals surface area contributed by atoms with E-state index in [4.69, 9.17) is 10.3 Å². The van der Waals surface area contributed by atoms with Gasteiger partial charge in [-0.15, -0.1) is 11.3 Å². The van der Waals surface area contributed by atoms with Crippen molar-refractivity contribution in [2.45, 2.75) is 13.5 Å². The van der Waals surface area contributed by atoms with E-state index in [9.17, 15) is 4.79 Å². The average molecular weight is 289 g/mol. The molecule has 3 heterocycles. The lowest BCUT2D eigenvalue weighted by molar-refractivity contribution is 0.0952. The summed E-state index contributed by atoms with van der Waals surface area (Å²) in [7, 11) is 0. The Morgan fingerprint density at radius 3 is 2.95 bits per heavy atom. The van der Waals surface area contributed by atoms with E-state index in [0.29, 0.717) is 26.7 Å². The van der Waals surface area contributed by atoms with Gasteiger partial charge in [0.15, 0.2) is 5.76 Å². The second kappa shape index (κ2) is 4.89. The maximum Gasteiger partial charge on any atom is 0.264 e. The van der Waals surface area contributed by atoms with E-state index in [1.807, 2.05) is 6.92 Å². The Labute approximate surface area is 117 Å². The molecule has 8 heteroatoms. The zero-order valence-corrected chi connectivity index (χ0v) is 11.4. The number of rotatable bonds is 3. The van der Waals surface area contributed by atoms with Gasteiger partial charge >= 0.3 is 0 Å². The summed E-state index contributed by atoms with van der Waals surface area (Å²) >= 11 is 1.22. The zero-order valence-electron chi connectivity index (χ0n) is 10.6. The smallest absolute Gasteiger partial charge is 0.264 e. The van der Waals surface area contributed by atoms with Crippen molar-refractivity contribution < 1.29 is 9.32 Å². The molecule has 3 aromatic heterocycles. The summed E-state index contributed by atoms with van der Waals surface area (Å²) in [5.41, 5.74) is 7.60. The van der Waals surface area contributed by atoms with Crippen molar-refractivity contribution in [3.63, 3.8) is 0 Å². The molecule has 0 aromatic carbocycles. The van der Waals surface area contributed by atoms with Gasteiger partial charge in [0, 0.05) is 18.5 Å². The third kappa shape index (κ3) is 2.21. The summed E-state index contributed by atoms with van der Waals surface area (Å²) < 4.78 is 5.02. The Balaban J connectivity index is 1.80. The molecule has 102 valence electrons. The van der Waals surface area contributed by atoms with Crippen LogP contribution in [-0.4, -0.2) is 21.0 Å². The van der Waals surface area contributed by atoms with Crippen molar-refractivity contribution in [1.82, 2.24) is 20.4 Å². The van der Waals surface area contributed by atoms with Gasteiger partial charge in [-0.05, 0) is 6.92 Å². The van der Waals surface area contributed by atoms with Crippen LogP contribution >= 0.6 is 11.3 Å². The highest BCUT2D eigenvalue weighted by Crippen LogP contribution is 2.30. The number of nitrogens with one attached hydrogen (secondary N) is 1. The van der Waals surface area contributed by atoms with Crippen LogP contribution in [0.4, 0.5) is 5.69 Å². The third-order valence-corrected chi connectivity index (χ3v) is 3.77. The molecule has 0 saturated carbocycles. The molecule has 0 radical (unpaired) electrons. The highest BCUT2D eigenvalue weighted by atomic mass is 32.1. The van der Waals surface area contributed by atoms with Crippen molar-refractivity contribution in [3.8, 4) is 0 Å². The molecule has 0 fully saturated rings. The lowest BCUT2D eigenvalue weighted by Gasteiger charge is -2.00. The molecule has 3 rings (SSSR count). The summed E-state index contributed by atoms with van der Waals surface area (Å²) in [6.45, 7) is 2.07. The molecule has 0 aliphatic carbocycles. The molecule has 20 heavy (non-hydrogen) atoms. The number of aromatic nitrogens is 3. The van der Waals surface area contributed by atoms with Crippen LogP contribution in [0.15, 0.2) is 23.0 Å². The van der Waals surface area contributed by atoms with Crippen LogP contribution in [0.3, 0.4) is 0 Å². The van der Waals surface area contributed by atoms with Crippen molar-refractivity contribution in [2.75, 3.05) is 5.73 Å². The Kier molecular flexibility index (Phi) is 3.07. The molecule has 0 unspecified atom stereocenters. The van der Waals surface area contributed by atoms with Crippen LogP contribution in [-0.2, 0) is 6.54 Å². The maximum absolute atomic E-state index is 12.1. The molecule has 0 aliphatic rings. The Morgan fingerprint density at radius 2 is 2.25 bits per heavy atom. The number of hydrogen-bond acceptors (Lipinski definition) is 7. The largest absolute Gasteiger partial charge is 0.396 e. The number of nitrogen functional groups attached to an aromatic ring is 1. The van der Waals surface area contributed by atoms with Crippen molar-refractivity contribution >= 4 is 33.3 Å². The number of nitrogens with zero attached hydrogens (tertiary/aromatic N) is 3. The number of anilines is 1. The van der Waals surface area contributed by atoms with Gasteiger partial charge in [-0.1, -0.05) is 5.16 Å². The predicted molar refractivity (Wildman–Crippen MR) is 74.2 cm³/mol. The molecule has 1 amide bonds. The molecule has 0 atom stereocenters. The number of carbonyl (C=O) groups is 1. The van der Waals surface area contributed by atoms with Crippen molar-refractivity contribution in [3.05, 3.63) is 34.8 Å². The van der Waals surface area contributed by atoms with Crippen molar-refractivity contribution in [1.29, 1.82) is 0 Å². The first-order valence-corrected chi connectivity index (χ1v) is 6.66. The van der Waals surface area contributed by atoms with Gasteiger partial charge < -0.3 is 15.6 Å². The van der Waals surface area contributed by atoms with Gasteiger partial charge in [0.05, 0.1) is 17.9 Å². The van der Waals surface area contributed by atoms with E-state index in [1.165, 1.54) is 11.3 Å². The number of hydrogen-bond donors (Lipinski definition) is 2. The molecule has 7 nitrogen and oxygen atoms in total. The van der Waals surface area contributed by atoms with E-state index in [-0.39, 0.29) is 12.5 Å². The number of carbonyl (C=O) groups excluding carboxylic acids is 1. The molecule has 3 N–H and O–H groups in total. The third-order valence-electron chi connectivity index (χ3n) is 2.67. The van der Waals surface area contributed by atoms with Crippen LogP contribution < -0.4 is 11.1 Å². The minimum absolute atomic E-state index is 0.258. The normalized spacial score (nSPS) is 10.8. The number of thiophene rings is 1. The minimum atomic E-state index is -0.277. The number of amides is 1. The molecule has 0 aliphatic heterocycles. The quantitative estimate of drug-likeness (QED) is 0.756. The summed E-state index contributed by atoms with van der Waals surface area (Å²) in [4.78, 5) is 21.4. The first-order valence-electron chi connectivity index (χ1n) is 5.84. The van der Waals surface area contributed by atoms with E-state index in [1.54, 1.807) is 18.5 Å². The molecular formula is C12H11N5O2S. The lowest BCUT2D eigenvalue weighted by Crippen LogP contribution is -2.22. The predicted octanol–water partition coefficient (Wildman–Crippen LogP) is 1.50. The molecule has 0 bridgehead atoms. The van der Waals surface area contributed by atoms with Crippen molar-refractivity contribution in [2.24, 2.45) is 0 Å². The lowest BCUT2D eigenvalue weighted by atomic mass is 10.3. The highest BCUT2D eigenvalue weighted by molar-refractivity contribution is 7.21. The van der Waals surface area contributed by atoms with Gasteiger partial charge in [-0.3, -0.25) is 4.79 Å². The number of fused-ring (bicyclic) bond motifs is 1. The van der Waals surface area contributed by atoms with Crippen LogP contribution in [0, 0.1) is 6.92 Å². The summed E-state index contributed by atoms with van der Waals surface area (Å²) in [6, 6.07) is 1.76. The monoisotopic (exact) mass is 289 g/mol. The van der Waals surface area contributed by atoms with Gasteiger partial charge in [-0.25, -0.2) is 9.97 Å². The van der Waals surface area contributed by atoms with Gasteiger partial charge in [0.25, 0.3) is 5.91 Å². The summed E-state index contributed by atoms with van der Waals surface area (Å²) in [5, 5.41) is 6.48. The minimum Gasteiger partial charge on any atom is -0.396 e. The van der Waals surface area contributed by atoms with E-state index in [0.717, 1.165) is 5.69 Å². The SMILES string of the molecule is Cc1cc(CNC(=O)c2sc3nccnc3c2N)on1. The van der Waals surface area contributed by atoms with E-state index >= 15 is 0 Å². The van der Waals surface area contributed by atoms with Crippen LogP contribution in [0.1, 0.15) is 21.1 Å². The molecule has 3 aromatic rings. The fourth-order valence-corrected chi connectivity index (χ4v) is 2.70. The van der Waals surface area contributed by atoms with Crippen LogP contribution in [0.25, 0.3) is 10.3 Å². The van der Waals surface area contributed by atoms with Crippen LogP contribution in [0.2, 0.25) is 0 Å². The Bertz CT molecular complexity index is 779. The van der Waals surface area contributed by atoms with E-state index < -0.39 is 0 Å². The zero-order chi connectivity index (χ0) is 14.1. The molecule has 0 saturated heterocycles. The van der Waals surface area contributed by atoms with Gasteiger partial charge in [0.1, 0.15) is 15.2 Å². The molecular weight excluding hydrogens is 278 g/mol. The Hall–Kier alpha value is -2.48. The van der Waals surface area contributed by atoms with Gasteiger partial charge in [-0.2, -0.15) is 0 Å². The first-order chi connectivity index (χ1) is 9.65. The molecule has 0 spiro atoms. The summed E-state index contributed by atoms with van der Waals surface area (Å²) in [5.74, 6) is 0.313. The Morgan fingerprint density at radius 1 is 1.45 bits per heavy atom. The van der Waals surface area contributed by atoms with Crippen LogP contribution in [0.5, 0.6) is 0 Å². The highest BCUT2D eigenvalue weighted by Gasteiger charge is 2.18. The average Bonchev–Trinajstić information content (AvgIpc) is 3.01. The standard InChI is InChI=1S/C12H11N5O2S/c1-6-4-7(19-17-6)5-16-11(18)10-8(13)9-12(20-10)15-3-2-14-9/h2-4H,5,13H2,1H3,(H,16,18). The maximum atomic E-state index is 12.1. The summed E-state index contributed by atoms with van der Waals surface area (Å²) in [6.07, 6.45) is 3.11. The topological polar surface area (TPSA) is 107 Å². The fourth-order valence-electron chi connectivity index (χ4n) is 1.76. The number of nitrogens with two attached hydrogens (primary N) is 1. The van der Waals surface area contributed by atoms with Gasteiger partial charge in [0.2, 0.25) is 0 Å².